The highest BCUT2D eigenvalue weighted by Gasteiger charge is 2.13. The number of imidazole rings is 1. The molecule has 180 valence electrons. The van der Waals surface area contributed by atoms with Gasteiger partial charge in [-0.15, -0.1) is 16.4 Å². The number of rotatable bonds is 6. The van der Waals surface area contributed by atoms with Crippen LogP contribution in [0.25, 0.3) is 32.8 Å². The maximum absolute atomic E-state index is 4.80. The SMILES string of the molecule is c1cc2c(ccn2-c2cncc(-c3cn(Cc4cn5cc(CN6CCCCC6)ccc5n4)nn3)c2)s1. The van der Waals surface area contributed by atoms with Gasteiger partial charge in [-0.25, -0.2) is 9.67 Å². The monoisotopic (exact) mass is 494 g/mol. The van der Waals surface area contributed by atoms with Crippen molar-refractivity contribution < 1.29 is 0 Å². The Hall–Kier alpha value is -3.82. The third-order valence-corrected chi connectivity index (χ3v) is 7.76. The van der Waals surface area contributed by atoms with Crippen LogP contribution in [0.15, 0.2) is 72.9 Å². The maximum Gasteiger partial charge on any atom is 0.137 e. The Morgan fingerprint density at radius 1 is 0.917 bits per heavy atom. The molecule has 0 atom stereocenters. The predicted octanol–water partition coefficient (Wildman–Crippen LogP) is 5.03. The van der Waals surface area contributed by atoms with Crippen LogP contribution in [0.3, 0.4) is 0 Å². The van der Waals surface area contributed by atoms with Gasteiger partial charge in [0.2, 0.25) is 0 Å². The lowest BCUT2D eigenvalue weighted by molar-refractivity contribution is 0.220. The van der Waals surface area contributed by atoms with Crippen molar-refractivity contribution in [3.05, 3.63) is 84.2 Å². The van der Waals surface area contributed by atoms with Gasteiger partial charge in [0.25, 0.3) is 0 Å². The molecule has 0 saturated carbocycles. The van der Waals surface area contributed by atoms with Gasteiger partial charge in [-0.3, -0.25) is 9.88 Å². The van der Waals surface area contributed by atoms with Crippen LogP contribution in [0.1, 0.15) is 30.5 Å². The lowest BCUT2D eigenvalue weighted by atomic mass is 10.1. The molecule has 0 unspecified atom stereocenters. The van der Waals surface area contributed by atoms with E-state index in [1.54, 1.807) is 11.3 Å². The average Bonchev–Trinajstić information content (AvgIpc) is 3.69. The fourth-order valence-corrected chi connectivity index (χ4v) is 5.87. The van der Waals surface area contributed by atoms with Crippen LogP contribution in [-0.4, -0.2) is 51.9 Å². The van der Waals surface area contributed by atoms with E-state index in [0.717, 1.165) is 34.8 Å². The molecule has 1 aliphatic heterocycles. The first-order valence-corrected chi connectivity index (χ1v) is 13.3. The summed E-state index contributed by atoms with van der Waals surface area (Å²) >= 11 is 1.74. The summed E-state index contributed by atoms with van der Waals surface area (Å²) in [6, 6.07) is 10.7. The molecule has 1 saturated heterocycles. The predicted molar refractivity (Wildman–Crippen MR) is 141 cm³/mol. The van der Waals surface area contributed by atoms with Gasteiger partial charge in [-0.1, -0.05) is 17.7 Å². The second-order valence-corrected chi connectivity index (χ2v) is 10.4. The normalized spacial score (nSPS) is 14.8. The standard InChI is InChI=1S/C27H26N8S/c1-2-8-32(9-3-1)15-20-4-5-27-29-22(17-33(27)16-20)18-34-19-24(30-31-34)21-12-23(14-28-13-21)35-10-6-26-25(35)7-11-36-26/h4-7,10-14,16-17,19H,1-3,8-9,15,18H2. The number of pyridine rings is 2. The molecule has 0 N–H and O–H groups in total. The molecule has 8 nitrogen and oxygen atoms in total. The van der Waals surface area contributed by atoms with Crippen LogP contribution in [0.5, 0.6) is 0 Å². The Balaban J connectivity index is 1.09. The van der Waals surface area contributed by atoms with Crippen molar-refractivity contribution in [1.82, 2.24) is 38.8 Å². The molecular weight excluding hydrogens is 468 g/mol. The molecule has 0 bridgehead atoms. The zero-order valence-electron chi connectivity index (χ0n) is 19.9. The van der Waals surface area contributed by atoms with E-state index in [4.69, 9.17) is 4.98 Å². The van der Waals surface area contributed by atoms with Gasteiger partial charge in [-0.2, -0.15) is 0 Å². The number of aromatic nitrogens is 7. The molecule has 0 amide bonds. The van der Waals surface area contributed by atoms with Crippen LogP contribution in [0.2, 0.25) is 0 Å². The van der Waals surface area contributed by atoms with E-state index in [9.17, 15) is 0 Å². The van der Waals surface area contributed by atoms with Gasteiger partial charge in [0.05, 0.1) is 40.5 Å². The summed E-state index contributed by atoms with van der Waals surface area (Å²) in [4.78, 5) is 11.8. The molecule has 0 spiro atoms. The number of nitrogens with zero attached hydrogens (tertiary/aromatic N) is 8. The van der Waals surface area contributed by atoms with E-state index < -0.39 is 0 Å². The minimum absolute atomic E-state index is 0.566. The molecule has 36 heavy (non-hydrogen) atoms. The zero-order valence-corrected chi connectivity index (χ0v) is 20.7. The molecule has 1 aliphatic rings. The molecule has 7 rings (SSSR count). The Kier molecular flexibility index (Phi) is 5.36. The Morgan fingerprint density at radius 2 is 1.86 bits per heavy atom. The molecule has 9 heteroatoms. The highest BCUT2D eigenvalue weighted by molar-refractivity contribution is 7.17. The molecule has 6 aromatic rings. The minimum atomic E-state index is 0.566. The molecule has 0 aliphatic carbocycles. The van der Waals surface area contributed by atoms with Gasteiger partial charge in [0.15, 0.2) is 0 Å². The first-order chi connectivity index (χ1) is 17.8. The van der Waals surface area contributed by atoms with Crippen molar-refractivity contribution in [2.75, 3.05) is 13.1 Å². The van der Waals surface area contributed by atoms with Gasteiger partial charge < -0.3 is 8.97 Å². The van der Waals surface area contributed by atoms with Crippen LogP contribution in [-0.2, 0) is 13.1 Å². The fourth-order valence-electron chi connectivity index (χ4n) is 5.10. The Bertz CT molecular complexity index is 1650. The van der Waals surface area contributed by atoms with Crippen LogP contribution >= 0.6 is 11.3 Å². The summed E-state index contributed by atoms with van der Waals surface area (Å²) in [7, 11) is 0. The molecule has 0 aromatic carbocycles. The van der Waals surface area contributed by atoms with Crippen LogP contribution in [0, 0.1) is 0 Å². The van der Waals surface area contributed by atoms with Gasteiger partial charge >= 0.3 is 0 Å². The topological polar surface area (TPSA) is 69.1 Å². The van der Waals surface area contributed by atoms with E-state index in [1.165, 1.54) is 48.1 Å². The van der Waals surface area contributed by atoms with Crippen molar-refractivity contribution in [1.29, 1.82) is 0 Å². The lowest BCUT2D eigenvalue weighted by Crippen LogP contribution is -2.29. The van der Waals surface area contributed by atoms with E-state index in [1.807, 2.05) is 23.3 Å². The number of likely N-dealkylation sites (tertiary alicyclic amines) is 1. The molecule has 1 fully saturated rings. The van der Waals surface area contributed by atoms with Crippen LogP contribution < -0.4 is 0 Å². The minimum Gasteiger partial charge on any atom is -0.314 e. The van der Waals surface area contributed by atoms with Gasteiger partial charge in [0.1, 0.15) is 11.3 Å². The second kappa shape index (κ2) is 9.00. The quantitative estimate of drug-likeness (QED) is 0.325. The zero-order chi connectivity index (χ0) is 23.9. The summed E-state index contributed by atoms with van der Waals surface area (Å²) in [5, 5.41) is 10.9. The lowest BCUT2D eigenvalue weighted by Gasteiger charge is -2.26. The maximum atomic E-state index is 4.80. The fraction of sp³-hybridized carbons (Fsp3) is 0.259. The van der Waals surface area contributed by atoms with E-state index >= 15 is 0 Å². The summed E-state index contributed by atoms with van der Waals surface area (Å²) in [5.74, 6) is 0. The van der Waals surface area contributed by atoms with E-state index in [0.29, 0.717) is 6.54 Å². The Labute approximate surface area is 212 Å². The number of piperidine rings is 1. The molecule has 0 radical (unpaired) electrons. The summed E-state index contributed by atoms with van der Waals surface area (Å²) in [5.41, 5.74) is 7.17. The average molecular weight is 495 g/mol. The third-order valence-electron chi connectivity index (χ3n) is 6.89. The first-order valence-electron chi connectivity index (χ1n) is 12.4. The van der Waals surface area contributed by atoms with Crippen molar-refractivity contribution in [2.45, 2.75) is 32.4 Å². The Morgan fingerprint density at radius 3 is 2.81 bits per heavy atom. The van der Waals surface area contributed by atoms with Crippen molar-refractivity contribution >= 4 is 27.2 Å². The number of hydrogen-bond acceptors (Lipinski definition) is 6. The van der Waals surface area contributed by atoms with Crippen molar-refractivity contribution in [3.8, 4) is 16.9 Å². The van der Waals surface area contributed by atoms with Crippen molar-refractivity contribution in [2.24, 2.45) is 0 Å². The first kappa shape index (κ1) is 21.5. The van der Waals surface area contributed by atoms with Crippen LogP contribution in [0.4, 0.5) is 0 Å². The smallest absolute Gasteiger partial charge is 0.137 e. The van der Waals surface area contributed by atoms with E-state index in [2.05, 4.69) is 83.5 Å². The van der Waals surface area contributed by atoms with E-state index in [-0.39, 0.29) is 0 Å². The largest absolute Gasteiger partial charge is 0.314 e. The van der Waals surface area contributed by atoms with Crippen molar-refractivity contribution in [3.63, 3.8) is 0 Å². The second-order valence-electron chi connectivity index (χ2n) is 9.46. The third kappa shape index (κ3) is 4.10. The molecule has 7 heterocycles. The summed E-state index contributed by atoms with van der Waals surface area (Å²) in [6.45, 7) is 3.97. The molecule has 6 aromatic heterocycles. The number of hydrogen-bond donors (Lipinski definition) is 0. The van der Waals surface area contributed by atoms with Gasteiger partial charge in [-0.05, 0) is 61.1 Å². The highest BCUT2D eigenvalue weighted by atomic mass is 32.1. The molecular formula is C27H26N8S. The highest BCUT2D eigenvalue weighted by Crippen LogP contribution is 2.26. The number of fused-ring (bicyclic) bond motifs is 2. The summed E-state index contributed by atoms with van der Waals surface area (Å²) < 4.78 is 7.38. The summed E-state index contributed by atoms with van der Waals surface area (Å²) in [6.07, 6.45) is 16.0. The van der Waals surface area contributed by atoms with Gasteiger partial charge in [0, 0.05) is 36.9 Å². The number of thiophene rings is 1.